The summed E-state index contributed by atoms with van der Waals surface area (Å²) in [6, 6.07) is 59.7. The number of thiophene rings is 1. The largest absolute Gasteiger partial charge is 0.456 e. The molecule has 3 nitrogen and oxygen atoms in total. The molecule has 10 rings (SSSR count). The Balaban J connectivity index is 1.08. The number of furan rings is 1. The molecule has 0 aliphatic carbocycles. The summed E-state index contributed by atoms with van der Waals surface area (Å²) in [5.41, 5.74) is 12.7. The molecule has 7 aromatic carbocycles. The Hall–Kier alpha value is -6.36. The van der Waals surface area contributed by atoms with Gasteiger partial charge in [0.05, 0.1) is 15.9 Å². The third-order valence-electron chi connectivity index (χ3n) is 9.55. The molecule has 0 N–H and O–H groups in total. The molecule has 0 atom stereocenters. The molecule has 0 unspecified atom stereocenters. The molecule has 234 valence electrons. The maximum atomic E-state index is 6.43. The van der Waals surface area contributed by atoms with Crippen molar-refractivity contribution in [3.05, 3.63) is 170 Å². The van der Waals surface area contributed by atoms with Crippen LogP contribution in [0.3, 0.4) is 0 Å². The summed E-state index contributed by atoms with van der Waals surface area (Å²) in [7, 11) is 0. The van der Waals surface area contributed by atoms with Crippen molar-refractivity contribution in [3.63, 3.8) is 0 Å². The van der Waals surface area contributed by atoms with E-state index in [4.69, 9.17) is 14.4 Å². The highest BCUT2D eigenvalue weighted by atomic mass is 32.1. The predicted octanol–water partition coefficient (Wildman–Crippen LogP) is 13.1. The van der Waals surface area contributed by atoms with E-state index in [-0.39, 0.29) is 0 Å². The van der Waals surface area contributed by atoms with E-state index < -0.39 is 0 Å². The van der Waals surface area contributed by atoms with E-state index >= 15 is 0 Å². The molecular weight excluding hydrogens is 629 g/mol. The molecule has 0 amide bonds. The summed E-state index contributed by atoms with van der Waals surface area (Å²) in [6.45, 7) is 0. The zero-order chi connectivity index (χ0) is 33.0. The van der Waals surface area contributed by atoms with Crippen LogP contribution in [0.4, 0.5) is 0 Å². The average molecular weight is 657 g/mol. The smallest absolute Gasteiger partial charge is 0.161 e. The van der Waals surface area contributed by atoms with Crippen molar-refractivity contribution >= 4 is 53.6 Å². The molecule has 3 aromatic heterocycles. The lowest BCUT2D eigenvalue weighted by Crippen LogP contribution is -1.94. The van der Waals surface area contributed by atoms with Crippen LogP contribution in [0.5, 0.6) is 0 Å². The van der Waals surface area contributed by atoms with Crippen LogP contribution in [0.25, 0.3) is 98.3 Å². The van der Waals surface area contributed by atoms with Gasteiger partial charge in [-0.05, 0) is 57.6 Å². The van der Waals surface area contributed by atoms with Crippen molar-refractivity contribution < 1.29 is 4.42 Å². The summed E-state index contributed by atoms with van der Waals surface area (Å²) >= 11 is 1.75. The Bertz CT molecular complexity index is 2840. The average Bonchev–Trinajstić information content (AvgIpc) is 3.76. The Morgan fingerprint density at radius 2 is 1.00 bits per heavy atom. The minimum absolute atomic E-state index is 0.696. The third-order valence-corrected chi connectivity index (χ3v) is 10.7. The van der Waals surface area contributed by atoms with Gasteiger partial charge in [-0.15, -0.1) is 11.3 Å². The highest BCUT2D eigenvalue weighted by Crippen LogP contribution is 2.42. The molecule has 4 heteroatoms. The summed E-state index contributed by atoms with van der Waals surface area (Å²) < 4.78 is 8.73. The van der Waals surface area contributed by atoms with Crippen molar-refractivity contribution in [2.75, 3.05) is 0 Å². The number of hydrogen-bond acceptors (Lipinski definition) is 4. The van der Waals surface area contributed by atoms with Gasteiger partial charge in [0.2, 0.25) is 0 Å². The molecule has 0 aliphatic heterocycles. The van der Waals surface area contributed by atoms with Gasteiger partial charge in [-0.25, -0.2) is 9.97 Å². The van der Waals surface area contributed by atoms with Gasteiger partial charge in [0.15, 0.2) is 5.82 Å². The van der Waals surface area contributed by atoms with E-state index in [0.29, 0.717) is 5.82 Å². The minimum Gasteiger partial charge on any atom is -0.456 e. The number of nitrogens with zero attached hydrogens (tertiary/aromatic N) is 2. The van der Waals surface area contributed by atoms with E-state index in [9.17, 15) is 0 Å². The van der Waals surface area contributed by atoms with Crippen molar-refractivity contribution in [2.45, 2.75) is 0 Å². The second-order valence-electron chi connectivity index (χ2n) is 12.6. The normalized spacial score (nSPS) is 11.6. The van der Waals surface area contributed by atoms with Gasteiger partial charge in [-0.3, -0.25) is 0 Å². The zero-order valence-electron chi connectivity index (χ0n) is 26.9. The zero-order valence-corrected chi connectivity index (χ0v) is 27.7. The van der Waals surface area contributed by atoms with Crippen molar-refractivity contribution in [3.8, 4) is 56.0 Å². The first-order valence-electron chi connectivity index (χ1n) is 16.7. The molecule has 0 spiro atoms. The molecular formula is C46H28N2OS. The summed E-state index contributed by atoms with van der Waals surface area (Å²) in [5, 5.41) is 3.22. The van der Waals surface area contributed by atoms with Gasteiger partial charge in [0, 0.05) is 32.0 Å². The van der Waals surface area contributed by atoms with E-state index in [2.05, 4.69) is 146 Å². The van der Waals surface area contributed by atoms with Gasteiger partial charge in [0.1, 0.15) is 11.2 Å². The molecule has 0 saturated carbocycles. The number of aromatic nitrogens is 2. The molecule has 0 saturated heterocycles. The fourth-order valence-electron chi connectivity index (χ4n) is 7.04. The lowest BCUT2D eigenvalue weighted by atomic mass is 9.97. The van der Waals surface area contributed by atoms with E-state index in [1.807, 2.05) is 24.3 Å². The first kappa shape index (κ1) is 28.6. The quantitative estimate of drug-likeness (QED) is 0.185. The highest BCUT2D eigenvalue weighted by molar-refractivity contribution is 7.26. The monoisotopic (exact) mass is 656 g/mol. The van der Waals surface area contributed by atoms with Crippen LogP contribution in [0.1, 0.15) is 0 Å². The summed E-state index contributed by atoms with van der Waals surface area (Å²) in [4.78, 5) is 10.5. The highest BCUT2D eigenvalue weighted by Gasteiger charge is 2.20. The van der Waals surface area contributed by atoms with Crippen LogP contribution < -0.4 is 0 Å². The van der Waals surface area contributed by atoms with Crippen LogP contribution in [0.2, 0.25) is 0 Å². The topological polar surface area (TPSA) is 38.9 Å². The SMILES string of the molecule is c1ccc(-c2ccc(-c3ccc(-c4ccc5oc6cccc(-c7nc(-c8ccccc8)c8sc9ccccc9c8n7)c6c5c4)cc3)cc2)cc1. The van der Waals surface area contributed by atoms with E-state index in [1.165, 1.54) is 27.0 Å². The number of fused-ring (bicyclic) bond motifs is 6. The fraction of sp³-hybridized carbons (Fsp3) is 0. The molecule has 0 fully saturated rings. The van der Waals surface area contributed by atoms with Crippen LogP contribution >= 0.6 is 11.3 Å². The Labute approximate surface area is 292 Å². The molecule has 3 heterocycles. The van der Waals surface area contributed by atoms with Crippen LogP contribution in [-0.2, 0) is 0 Å². The van der Waals surface area contributed by atoms with Crippen molar-refractivity contribution in [1.82, 2.24) is 9.97 Å². The maximum absolute atomic E-state index is 6.43. The first-order chi connectivity index (χ1) is 24.8. The minimum atomic E-state index is 0.696. The standard InChI is InChI=1S/C46H28N2OS/c1-3-10-29(11-4-1)30-18-20-31(21-19-30)32-22-24-33(25-23-32)35-26-27-39-38(28-35)42-37(15-9-16-40(42)49-39)46-47-43(34-12-5-2-6-13-34)45-44(48-46)36-14-7-8-17-41(36)50-45/h1-28H. The second-order valence-corrected chi connectivity index (χ2v) is 13.6. The number of hydrogen-bond donors (Lipinski definition) is 0. The lowest BCUT2D eigenvalue weighted by Gasteiger charge is -2.09. The van der Waals surface area contributed by atoms with Gasteiger partial charge in [-0.1, -0.05) is 146 Å². The van der Waals surface area contributed by atoms with Gasteiger partial charge >= 0.3 is 0 Å². The third kappa shape index (κ3) is 4.80. The Morgan fingerprint density at radius 3 is 1.70 bits per heavy atom. The van der Waals surface area contributed by atoms with Crippen molar-refractivity contribution in [2.24, 2.45) is 0 Å². The Kier molecular flexibility index (Phi) is 6.68. The number of benzene rings is 7. The van der Waals surface area contributed by atoms with Crippen LogP contribution in [0.15, 0.2) is 174 Å². The van der Waals surface area contributed by atoms with Crippen LogP contribution in [0, 0.1) is 0 Å². The predicted molar refractivity (Wildman–Crippen MR) is 209 cm³/mol. The molecule has 0 bridgehead atoms. The lowest BCUT2D eigenvalue weighted by molar-refractivity contribution is 0.669. The molecule has 10 aromatic rings. The molecule has 0 radical (unpaired) electrons. The maximum Gasteiger partial charge on any atom is 0.161 e. The number of rotatable bonds is 5. The first-order valence-corrected chi connectivity index (χ1v) is 17.6. The van der Waals surface area contributed by atoms with Gasteiger partial charge in [0.25, 0.3) is 0 Å². The van der Waals surface area contributed by atoms with E-state index in [0.717, 1.165) is 65.5 Å². The summed E-state index contributed by atoms with van der Waals surface area (Å²) in [5.74, 6) is 0.696. The van der Waals surface area contributed by atoms with Crippen molar-refractivity contribution in [1.29, 1.82) is 0 Å². The second kappa shape index (κ2) is 11.7. The van der Waals surface area contributed by atoms with Gasteiger partial charge in [-0.2, -0.15) is 0 Å². The van der Waals surface area contributed by atoms with E-state index in [1.54, 1.807) is 11.3 Å². The van der Waals surface area contributed by atoms with Crippen LogP contribution in [-0.4, -0.2) is 9.97 Å². The Morgan fingerprint density at radius 1 is 0.420 bits per heavy atom. The molecule has 50 heavy (non-hydrogen) atoms. The summed E-state index contributed by atoms with van der Waals surface area (Å²) in [6.07, 6.45) is 0. The van der Waals surface area contributed by atoms with Gasteiger partial charge < -0.3 is 4.42 Å². The molecule has 0 aliphatic rings. The fourth-order valence-corrected chi connectivity index (χ4v) is 8.19.